The van der Waals surface area contributed by atoms with Crippen molar-refractivity contribution >= 4 is 17.2 Å². The molecular weight excluding hydrogens is 374 g/mol. The molecule has 7 nitrogen and oxygen atoms in total. The van der Waals surface area contributed by atoms with E-state index in [-0.39, 0.29) is 11.9 Å². The first-order valence-electron chi connectivity index (χ1n) is 9.50. The lowest BCUT2D eigenvalue weighted by atomic mass is 10.1. The average molecular weight is 398 g/mol. The molecule has 1 saturated heterocycles. The van der Waals surface area contributed by atoms with E-state index in [1.54, 1.807) is 11.7 Å². The van der Waals surface area contributed by atoms with Crippen LogP contribution in [0.3, 0.4) is 0 Å². The van der Waals surface area contributed by atoms with Crippen LogP contribution >= 0.6 is 11.3 Å². The summed E-state index contributed by atoms with van der Waals surface area (Å²) in [6, 6.07) is 0.248. The summed E-state index contributed by atoms with van der Waals surface area (Å²) in [6.07, 6.45) is 7.36. The Kier molecular flexibility index (Phi) is 5.21. The summed E-state index contributed by atoms with van der Waals surface area (Å²) in [5, 5.41) is 3.97. The number of carbonyl (C=O) groups is 1. The van der Waals surface area contributed by atoms with Crippen molar-refractivity contribution in [2.24, 2.45) is 0 Å². The molecule has 8 heteroatoms. The molecular formula is C20H23N5O2S. The standard InChI is InChI=1S/C20H23N5O2S/c1-12-18(14(3)27-24-12)17-10-21-15(9-22-17)6-7-16-5-4-8-25(16)20(26)19-13(2)23-11-28-19/h9-11,16H,4-8H2,1-3H3/t16-/m0/s1. The largest absolute Gasteiger partial charge is 0.361 e. The summed E-state index contributed by atoms with van der Waals surface area (Å²) < 4.78 is 5.21. The predicted octanol–water partition coefficient (Wildman–Crippen LogP) is 3.75. The van der Waals surface area contributed by atoms with E-state index in [4.69, 9.17) is 4.52 Å². The van der Waals surface area contributed by atoms with Gasteiger partial charge in [0.15, 0.2) is 0 Å². The molecule has 1 aliphatic rings. The Bertz CT molecular complexity index is 959. The van der Waals surface area contributed by atoms with Gasteiger partial charge in [-0.15, -0.1) is 11.3 Å². The number of aromatic nitrogens is 4. The van der Waals surface area contributed by atoms with Crippen molar-refractivity contribution in [3.63, 3.8) is 0 Å². The Morgan fingerprint density at radius 1 is 1.21 bits per heavy atom. The van der Waals surface area contributed by atoms with Crippen molar-refractivity contribution in [1.29, 1.82) is 0 Å². The lowest BCUT2D eigenvalue weighted by Crippen LogP contribution is -2.35. The average Bonchev–Trinajstić information content (AvgIpc) is 3.41. The van der Waals surface area contributed by atoms with E-state index in [0.29, 0.717) is 0 Å². The number of hydrogen-bond acceptors (Lipinski definition) is 7. The van der Waals surface area contributed by atoms with Gasteiger partial charge in [0.2, 0.25) is 0 Å². The van der Waals surface area contributed by atoms with Gasteiger partial charge in [0.1, 0.15) is 10.6 Å². The summed E-state index contributed by atoms with van der Waals surface area (Å²) in [7, 11) is 0. The van der Waals surface area contributed by atoms with Crippen LogP contribution in [0.5, 0.6) is 0 Å². The highest BCUT2D eigenvalue weighted by Crippen LogP contribution is 2.27. The Morgan fingerprint density at radius 3 is 2.71 bits per heavy atom. The van der Waals surface area contributed by atoms with Crippen LogP contribution in [-0.2, 0) is 6.42 Å². The minimum atomic E-state index is 0.113. The van der Waals surface area contributed by atoms with E-state index in [9.17, 15) is 4.79 Å². The molecule has 0 aromatic carbocycles. The molecule has 28 heavy (non-hydrogen) atoms. The highest BCUT2D eigenvalue weighted by molar-refractivity contribution is 7.11. The van der Waals surface area contributed by atoms with Crippen molar-refractivity contribution < 1.29 is 9.32 Å². The third kappa shape index (κ3) is 3.56. The van der Waals surface area contributed by atoms with Gasteiger partial charge < -0.3 is 9.42 Å². The fraction of sp³-hybridized carbons (Fsp3) is 0.450. The van der Waals surface area contributed by atoms with Crippen LogP contribution in [0.4, 0.5) is 0 Å². The molecule has 0 saturated carbocycles. The number of thiazole rings is 1. The molecule has 0 unspecified atom stereocenters. The molecule has 0 bridgehead atoms. The molecule has 3 aromatic rings. The van der Waals surface area contributed by atoms with Crippen LogP contribution in [-0.4, -0.2) is 43.5 Å². The summed E-state index contributed by atoms with van der Waals surface area (Å²) in [5.74, 6) is 0.861. The fourth-order valence-electron chi connectivity index (χ4n) is 3.82. The molecule has 1 amide bonds. The molecule has 1 fully saturated rings. The summed E-state index contributed by atoms with van der Waals surface area (Å²) in [6.45, 7) is 6.49. The van der Waals surface area contributed by atoms with Gasteiger partial charge in [-0.05, 0) is 46.5 Å². The highest BCUT2D eigenvalue weighted by atomic mass is 32.1. The maximum Gasteiger partial charge on any atom is 0.266 e. The van der Waals surface area contributed by atoms with Crippen molar-refractivity contribution in [3.8, 4) is 11.3 Å². The molecule has 4 heterocycles. The van der Waals surface area contributed by atoms with Crippen molar-refractivity contribution in [2.75, 3.05) is 6.54 Å². The molecule has 4 rings (SSSR count). The molecule has 0 aliphatic carbocycles. The third-order valence-corrected chi connectivity index (χ3v) is 6.22. The lowest BCUT2D eigenvalue weighted by Gasteiger charge is -2.24. The Balaban J connectivity index is 1.41. The van der Waals surface area contributed by atoms with Gasteiger partial charge in [-0.25, -0.2) is 4.98 Å². The van der Waals surface area contributed by atoms with Gasteiger partial charge in [-0.1, -0.05) is 5.16 Å². The molecule has 1 aliphatic heterocycles. The van der Waals surface area contributed by atoms with Crippen LogP contribution in [0.15, 0.2) is 22.4 Å². The van der Waals surface area contributed by atoms with Crippen LogP contribution in [0.25, 0.3) is 11.3 Å². The normalized spacial score (nSPS) is 16.7. The van der Waals surface area contributed by atoms with Gasteiger partial charge in [-0.2, -0.15) is 0 Å². The molecule has 0 spiro atoms. The van der Waals surface area contributed by atoms with Gasteiger partial charge >= 0.3 is 0 Å². The Labute approximate surface area is 167 Å². The quantitative estimate of drug-likeness (QED) is 0.652. The second-order valence-electron chi connectivity index (χ2n) is 7.19. The zero-order valence-electron chi connectivity index (χ0n) is 16.3. The molecule has 146 valence electrons. The number of carbonyl (C=O) groups excluding carboxylic acids is 1. The number of aryl methyl sites for hydroxylation is 4. The highest BCUT2D eigenvalue weighted by Gasteiger charge is 2.30. The van der Waals surface area contributed by atoms with Crippen LogP contribution in [0.1, 0.15) is 51.8 Å². The monoisotopic (exact) mass is 397 g/mol. The SMILES string of the molecule is Cc1ncsc1C(=O)N1CCC[C@H]1CCc1cnc(-c2c(C)noc2C)cn1. The van der Waals surface area contributed by atoms with Gasteiger partial charge in [0, 0.05) is 18.8 Å². The Morgan fingerprint density at radius 2 is 2.07 bits per heavy atom. The maximum atomic E-state index is 12.8. The minimum Gasteiger partial charge on any atom is -0.361 e. The second kappa shape index (κ2) is 7.79. The number of likely N-dealkylation sites (tertiary alicyclic amines) is 1. The maximum absolute atomic E-state index is 12.8. The smallest absolute Gasteiger partial charge is 0.266 e. The van der Waals surface area contributed by atoms with E-state index in [1.165, 1.54) is 11.3 Å². The van der Waals surface area contributed by atoms with E-state index >= 15 is 0 Å². The van der Waals surface area contributed by atoms with Crippen LogP contribution in [0.2, 0.25) is 0 Å². The molecule has 3 aromatic heterocycles. The van der Waals surface area contributed by atoms with Gasteiger partial charge in [-0.3, -0.25) is 14.8 Å². The van der Waals surface area contributed by atoms with E-state index in [2.05, 4.69) is 20.1 Å². The zero-order chi connectivity index (χ0) is 19.7. The number of amides is 1. The summed E-state index contributed by atoms with van der Waals surface area (Å²) in [5.41, 5.74) is 6.00. The fourth-order valence-corrected chi connectivity index (χ4v) is 4.57. The second-order valence-corrected chi connectivity index (χ2v) is 8.05. The van der Waals surface area contributed by atoms with Gasteiger partial charge in [0.05, 0.1) is 40.0 Å². The molecule has 0 radical (unpaired) electrons. The first kappa shape index (κ1) is 18.7. The van der Waals surface area contributed by atoms with Crippen molar-refractivity contribution in [3.05, 3.63) is 45.6 Å². The Hall–Kier alpha value is -2.61. The van der Waals surface area contributed by atoms with Gasteiger partial charge in [0.25, 0.3) is 5.91 Å². The number of nitrogens with zero attached hydrogens (tertiary/aromatic N) is 5. The summed E-state index contributed by atoms with van der Waals surface area (Å²) in [4.78, 5) is 28.9. The predicted molar refractivity (Wildman–Crippen MR) is 106 cm³/mol. The van der Waals surface area contributed by atoms with E-state index in [0.717, 1.165) is 71.2 Å². The molecule has 1 atom stereocenters. The first-order valence-corrected chi connectivity index (χ1v) is 10.4. The lowest BCUT2D eigenvalue weighted by molar-refractivity contribution is 0.0734. The summed E-state index contributed by atoms with van der Waals surface area (Å²) >= 11 is 1.43. The van der Waals surface area contributed by atoms with E-state index in [1.807, 2.05) is 31.9 Å². The van der Waals surface area contributed by atoms with Crippen LogP contribution < -0.4 is 0 Å². The topological polar surface area (TPSA) is 85.0 Å². The zero-order valence-corrected chi connectivity index (χ0v) is 17.1. The van der Waals surface area contributed by atoms with E-state index < -0.39 is 0 Å². The third-order valence-electron chi connectivity index (χ3n) is 5.31. The minimum absolute atomic E-state index is 0.113. The number of hydrogen-bond donors (Lipinski definition) is 0. The molecule has 0 N–H and O–H groups in total. The van der Waals surface area contributed by atoms with Crippen molar-refractivity contribution in [1.82, 2.24) is 25.0 Å². The van der Waals surface area contributed by atoms with Crippen molar-refractivity contribution in [2.45, 2.75) is 52.5 Å². The first-order chi connectivity index (χ1) is 13.5. The number of rotatable bonds is 5. The van der Waals surface area contributed by atoms with Crippen LogP contribution in [0, 0.1) is 20.8 Å².